The van der Waals surface area contributed by atoms with Gasteiger partial charge in [-0.15, -0.1) is 0 Å². The van der Waals surface area contributed by atoms with Gasteiger partial charge in [0.1, 0.15) is 12.1 Å². The Morgan fingerprint density at radius 2 is 1.31 bits per heavy atom. The van der Waals surface area contributed by atoms with Crippen molar-refractivity contribution in [3.63, 3.8) is 0 Å². The smallest absolute Gasteiger partial charge is 0.326 e. The lowest BCUT2D eigenvalue weighted by atomic mass is 10.0. The average molecular weight is 545 g/mol. The van der Waals surface area contributed by atoms with Gasteiger partial charge in [-0.2, -0.15) is 4.72 Å². The number of carboxylic acids is 1. The number of hydrogen-bond donors (Lipinski definition) is 5. The van der Waals surface area contributed by atoms with Gasteiger partial charge in [-0.25, -0.2) is 13.2 Å². The number of hydrogen-bond acceptors (Lipinski definition) is 4. The van der Waals surface area contributed by atoms with Crippen molar-refractivity contribution in [2.45, 2.75) is 36.7 Å². The summed E-state index contributed by atoms with van der Waals surface area (Å²) in [7, 11) is -4.09. The van der Waals surface area contributed by atoms with Crippen molar-refractivity contribution < 1.29 is 23.1 Å². The highest BCUT2D eigenvalue weighted by molar-refractivity contribution is 7.89. The van der Waals surface area contributed by atoms with E-state index in [0.29, 0.717) is 0 Å². The molecule has 2 atom stereocenters. The third-order valence-electron chi connectivity index (χ3n) is 6.76. The van der Waals surface area contributed by atoms with E-state index >= 15 is 0 Å². The van der Waals surface area contributed by atoms with Crippen LogP contribution in [-0.2, 0) is 32.5 Å². The van der Waals surface area contributed by atoms with Gasteiger partial charge in [-0.05, 0) is 48.7 Å². The highest BCUT2D eigenvalue weighted by Crippen LogP contribution is 2.22. The second-order valence-corrected chi connectivity index (χ2v) is 11.2. The van der Waals surface area contributed by atoms with E-state index in [0.717, 1.165) is 38.5 Å². The van der Waals surface area contributed by atoms with Gasteiger partial charge < -0.3 is 20.4 Å². The molecule has 0 aliphatic rings. The molecule has 9 nitrogen and oxygen atoms in total. The topological polar surface area (TPSA) is 144 Å². The number of nitrogens with one attached hydrogen (secondary N) is 4. The molecule has 5 rings (SSSR count). The molecule has 5 aromatic rings. The first-order chi connectivity index (χ1) is 18.7. The van der Waals surface area contributed by atoms with E-state index in [1.165, 1.54) is 12.1 Å². The lowest BCUT2D eigenvalue weighted by Crippen LogP contribution is -2.53. The molecule has 10 heteroatoms. The zero-order chi connectivity index (χ0) is 27.6. The van der Waals surface area contributed by atoms with Gasteiger partial charge in [0.2, 0.25) is 15.9 Å². The molecule has 0 fully saturated rings. The van der Waals surface area contributed by atoms with E-state index in [1.807, 2.05) is 55.5 Å². The second kappa shape index (κ2) is 10.8. The van der Waals surface area contributed by atoms with Crippen LogP contribution >= 0.6 is 0 Å². The summed E-state index contributed by atoms with van der Waals surface area (Å²) < 4.78 is 29.0. The molecule has 1 amide bonds. The minimum absolute atomic E-state index is 0.0124. The highest BCUT2D eigenvalue weighted by atomic mass is 32.2. The Morgan fingerprint density at radius 1 is 0.795 bits per heavy atom. The number of fused-ring (bicyclic) bond motifs is 2. The van der Waals surface area contributed by atoms with Crippen LogP contribution in [0.15, 0.2) is 90.1 Å². The number of para-hydroxylation sites is 2. The number of H-pyrrole nitrogens is 2. The van der Waals surface area contributed by atoms with Gasteiger partial charge >= 0.3 is 5.97 Å². The van der Waals surface area contributed by atoms with Crippen LogP contribution in [0.3, 0.4) is 0 Å². The van der Waals surface area contributed by atoms with Gasteiger partial charge in [0.25, 0.3) is 0 Å². The van der Waals surface area contributed by atoms with E-state index in [2.05, 4.69) is 20.0 Å². The van der Waals surface area contributed by atoms with E-state index in [1.54, 1.807) is 24.5 Å². The number of rotatable bonds is 10. The largest absolute Gasteiger partial charge is 0.480 e. The van der Waals surface area contributed by atoms with Crippen LogP contribution < -0.4 is 10.0 Å². The summed E-state index contributed by atoms with van der Waals surface area (Å²) in [5, 5.41) is 14.2. The minimum Gasteiger partial charge on any atom is -0.480 e. The fourth-order valence-electron chi connectivity index (χ4n) is 4.67. The Bertz CT molecular complexity index is 1760. The van der Waals surface area contributed by atoms with Crippen LogP contribution in [0.2, 0.25) is 0 Å². The summed E-state index contributed by atoms with van der Waals surface area (Å²) in [6.07, 6.45) is 3.48. The lowest BCUT2D eigenvalue weighted by Gasteiger charge is -2.21. The Labute approximate surface area is 225 Å². The number of aromatic amines is 2. The molecule has 5 N–H and O–H groups in total. The molecule has 0 spiro atoms. The van der Waals surface area contributed by atoms with Crippen molar-refractivity contribution >= 4 is 43.7 Å². The summed E-state index contributed by atoms with van der Waals surface area (Å²) in [6, 6.07) is 18.7. The van der Waals surface area contributed by atoms with Crippen molar-refractivity contribution in [3.8, 4) is 0 Å². The summed E-state index contributed by atoms with van der Waals surface area (Å²) in [5.74, 6) is -1.95. The first kappa shape index (κ1) is 26.2. The Kier molecular flexibility index (Phi) is 7.23. The molecule has 39 heavy (non-hydrogen) atoms. The molecule has 0 bridgehead atoms. The first-order valence-corrected chi connectivity index (χ1v) is 13.9. The Morgan fingerprint density at radius 3 is 1.85 bits per heavy atom. The number of benzene rings is 3. The van der Waals surface area contributed by atoms with Crippen LogP contribution in [0.5, 0.6) is 0 Å². The number of carboxylic acid groups (broad SMARTS) is 1. The third-order valence-corrected chi connectivity index (χ3v) is 8.25. The third kappa shape index (κ3) is 5.71. The van der Waals surface area contributed by atoms with Gasteiger partial charge in [-0.3, -0.25) is 4.79 Å². The van der Waals surface area contributed by atoms with E-state index in [4.69, 9.17) is 0 Å². The normalized spacial score (nSPS) is 13.4. The fraction of sp³-hybridized carbons (Fsp3) is 0.172. The van der Waals surface area contributed by atoms with Crippen molar-refractivity contribution in [1.82, 2.24) is 20.0 Å². The van der Waals surface area contributed by atoms with Gasteiger partial charge in [0.05, 0.1) is 4.90 Å². The van der Waals surface area contributed by atoms with E-state index < -0.39 is 34.0 Å². The number of carbonyl (C=O) groups excluding carboxylic acids is 1. The maximum Gasteiger partial charge on any atom is 0.326 e. The summed E-state index contributed by atoms with van der Waals surface area (Å²) in [6.45, 7) is 1.84. The standard InChI is InChI=1S/C29H28N4O5S/c1-18-10-12-21(13-11-18)39(37,38)33-26(14-19-16-30-24-8-4-2-6-22(19)24)28(34)32-27(29(35)36)15-20-17-31-25-9-5-3-7-23(20)25/h2-13,16-17,26-27,30-31,33H,14-15H2,1H3,(H,32,34)(H,35,36)/t26-,27?/m0/s1. The quantitative estimate of drug-likeness (QED) is 0.182. The SMILES string of the molecule is Cc1ccc(S(=O)(=O)N[C@@H](Cc2c[nH]c3ccccc23)C(=O)NC(Cc2c[nH]c3ccccc23)C(=O)O)cc1. The summed E-state index contributed by atoms with van der Waals surface area (Å²) in [5.41, 5.74) is 4.04. The molecule has 0 radical (unpaired) electrons. The predicted octanol–water partition coefficient (Wildman–Crippen LogP) is 3.66. The van der Waals surface area contributed by atoms with Crippen molar-refractivity contribution in [2.24, 2.45) is 0 Å². The van der Waals surface area contributed by atoms with Gasteiger partial charge in [0, 0.05) is 40.6 Å². The molecular formula is C29H28N4O5S. The fourth-order valence-corrected chi connectivity index (χ4v) is 5.87. The lowest BCUT2D eigenvalue weighted by molar-refractivity contribution is -0.142. The summed E-state index contributed by atoms with van der Waals surface area (Å²) in [4.78, 5) is 32.0. The van der Waals surface area contributed by atoms with E-state index in [-0.39, 0.29) is 17.7 Å². The molecule has 1 unspecified atom stereocenters. The number of aliphatic carboxylic acids is 1. The molecule has 2 heterocycles. The van der Waals surface area contributed by atoms with Crippen molar-refractivity contribution in [3.05, 3.63) is 102 Å². The van der Waals surface area contributed by atoms with Crippen molar-refractivity contribution in [2.75, 3.05) is 0 Å². The second-order valence-electron chi connectivity index (χ2n) is 9.51. The van der Waals surface area contributed by atoms with Crippen LogP contribution in [0.4, 0.5) is 0 Å². The molecule has 200 valence electrons. The average Bonchev–Trinajstić information content (AvgIpc) is 3.52. The van der Waals surface area contributed by atoms with Crippen LogP contribution in [0.25, 0.3) is 21.8 Å². The zero-order valence-electron chi connectivity index (χ0n) is 21.1. The Balaban J connectivity index is 1.43. The first-order valence-electron chi connectivity index (χ1n) is 12.4. The number of sulfonamides is 1. The number of aryl methyl sites for hydroxylation is 1. The summed E-state index contributed by atoms with van der Waals surface area (Å²) >= 11 is 0. The molecule has 0 aliphatic heterocycles. The molecular weight excluding hydrogens is 516 g/mol. The zero-order valence-corrected chi connectivity index (χ0v) is 22.0. The van der Waals surface area contributed by atoms with Crippen molar-refractivity contribution in [1.29, 1.82) is 0 Å². The monoisotopic (exact) mass is 544 g/mol. The van der Waals surface area contributed by atoms with Crippen LogP contribution in [-0.4, -0.2) is 47.5 Å². The maximum atomic E-state index is 13.6. The Hall–Kier alpha value is -4.41. The van der Waals surface area contributed by atoms with Gasteiger partial charge in [-0.1, -0.05) is 54.1 Å². The van der Waals surface area contributed by atoms with E-state index in [9.17, 15) is 23.1 Å². The molecule has 0 aliphatic carbocycles. The molecule has 2 aromatic heterocycles. The molecule has 0 saturated carbocycles. The number of amides is 1. The minimum atomic E-state index is -4.09. The molecule has 3 aromatic carbocycles. The maximum absolute atomic E-state index is 13.6. The highest BCUT2D eigenvalue weighted by Gasteiger charge is 2.30. The number of carbonyl (C=O) groups is 2. The van der Waals surface area contributed by atoms with Crippen LogP contribution in [0.1, 0.15) is 16.7 Å². The van der Waals surface area contributed by atoms with Gasteiger partial charge in [0.15, 0.2) is 0 Å². The predicted molar refractivity (Wildman–Crippen MR) is 149 cm³/mol. The number of aromatic nitrogens is 2. The van der Waals surface area contributed by atoms with Crippen LogP contribution in [0, 0.1) is 6.92 Å². The molecule has 0 saturated heterocycles.